The van der Waals surface area contributed by atoms with E-state index < -0.39 is 10.0 Å². The molecule has 1 aromatic heterocycles. The molecule has 1 aliphatic rings. The van der Waals surface area contributed by atoms with Crippen LogP contribution in [-0.4, -0.2) is 36.4 Å². The Morgan fingerprint density at radius 2 is 2.17 bits per heavy atom. The number of nitrogens with one attached hydrogen (secondary N) is 2. The lowest BCUT2D eigenvalue weighted by molar-refractivity contribution is 0.178. The lowest BCUT2D eigenvalue weighted by Gasteiger charge is -2.11. The lowest BCUT2D eigenvalue weighted by Crippen LogP contribution is -2.29. The number of rotatable bonds is 4. The second-order valence-corrected chi connectivity index (χ2v) is 6.65. The molecule has 2 atom stereocenters. The van der Waals surface area contributed by atoms with Crippen LogP contribution in [0.2, 0.25) is 0 Å². The zero-order chi connectivity index (χ0) is 13.3. The summed E-state index contributed by atoms with van der Waals surface area (Å²) in [6.07, 6.45) is 2.02. The number of nitrogens with zero attached hydrogens (tertiary/aromatic N) is 1. The number of hydrogen-bond acceptors (Lipinski definition) is 4. The maximum absolute atomic E-state index is 12.1. The first-order valence-electron chi connectivity index (χ1n) is 6.09. The third-order valence-electron chi connectivity index (χ3n) is 3.40. The van der Waals surface area contributed by atoms with Crippen LogP contribution in [0.25, 0.3) is 0 Å². The molecule has 1 saturated carbocycles. The number of H-pyrrole nitrogens is 1. The number of aromatic amines is 1. The van der Waals surface area contributed by atoms with Gasteiger partial charge < -0.3 is 5.11 Å². The van der Waals surface area contributed by atoms with Gasteiger partial charge in [-0.1, -0.05) is 0 Å². The minimum absolute atomic E-state index is 0.224. The lowest BCUT2D eigenvalue weighted by atomic mass is 10.1. The van der Waals surface area contributed by atoms with Crippen LogP contribution in [0.4, 0.5) is 0 Å². The Hall–Kier alpha value is -0.920. The van der Waals surface area contributed by atoms with Crippen molar-refractivity contribution in [1.82, 2.24) is 14.9 Å². The summed E-state index contributed by atoms with van der Waals surface area (Å²) in [5, 5.41) is 16.0. The molecule has 7 heteroatoms. The molecule has 0 spiro atoms. The van der Waals surface area contributed by atoms with Crippen molar-refractivity contribution in [2.24, 2.45) is 5.92 Å². The Labute approximate surface area is 107 Å². The summed E-state index contributed by atoms with van der Waals surface area (Å²) < 4.78 is 26.9. The highest BCUT2D eigenvalue weighted by atomic mass is 32.2. The predicted octanol–water partition coefficient (Wildman–Crippen LogP) is 0.466. The Kier molecular flexibility index (Phi) is 3.74. The van der Waals surface area contributed by atoms with Gasteiger partial charge >= 0.3 is 0 Å². The highest BCUT2D eigenvalue weighted by molar-refractivity contribution is 7.89. The van der Waals surface area contributed by atoms with Gasteiger partial charge in [-0.05, 0) is 39.0 Å². The molecule has 102 valence electrons. The Morgan fingerprint density at radius 3 is 2.67 bits per heavy atom. The van der Waals surface area contributed by atoms with Gasteiger partial charge in [0.1, 0.15) is 4.90 Å². The van der Waals surface area contributed by atoms with E-state index in [4.69, 9.17) is 0 Å². The summed E-state index contributed by atoms with van der Waals surface area (Å²) in [5.41, 5.74) is 1.03. The highest BCUT2D eigenvalue weighted by Crippen LogP contribution is 2.25. The summed E-state index contributed by atoms with van der Waals surface area (Å²) in [6.45, 7) is 3.73. The fraction of sp³-hybridized carbons (Fsp3) is 0.727. The molecule has 0 amide bonds. The van der Waals surface area contributed by atoms with Gasteiger partial charge in [0, 0.05) is 6.54 Å². The first kappa shape index (κ1) is 13.5. The molecule has 0 aliphatic heterocycles. The maximum Gasteiger partial charge on any atom is 0.244 e. The van der Waals surface area contributed by atoms with Gasteiger partial charge in [-0.2, -0.15) is 5.10 Å². The van der Waals surface area contributed by atoms with Crippen LogP contribution in [0.15, 0.2) is 4.90 Å². The van der Waals surface area contributed by atoms with E-state index in [0.29, 0.717) is 24.4 Å². The van der Waals surface area contributed by atoms with Crippen molar-refractivity contribution in [2.75, 3.05) is 6.54 Å². The van der Waals surface area contributed by atoms with Crippen LogP contribution < -0.4 is 4.72 Å². The summed E-state index contributed by atoms with van der Waals surface area (Å²) in [7, 11) is -3.51. The monoisotopic (exact) mass is 273 g/mol. The van der Waals surface area contributed by atoms with E-state index in [9.17, 15) is 13.5 Å². The standard InChI is InChI=1S/C11H19N3O3S/c1-7-11(8(2)14-13-7)18(16,17)12-6-9-3-4-10(15)5-9/h9-10,12,15H,3-6H2,1-2H3,(H,13,14). The van der Waals surface area contributed by atoms with Gasteiger partial charge in [-0.15, -0.1) is 0 Å². The van der Waals surface area contributed by atoms with Crippen LogP contribution in [0, 0.1) is 19.8 Å². The molecule has 1 aromatic rings. The third kappa shape index (κ3) is 2.73. The molecule has 0 aromatic carbocycles. The van der Waals surface area contributed by atoms with Gasteiger partial charge in [0.05, 0.1) is 17.5 Å². The average molecular weight is 273 g/mol. The first-order valence-corrected chi connectivity index (χ1v) is 7.57. The molecule has 0 bridgehead atoms. The fourth-order valence-corrected chi connectivity index (χ4v) is 3.95. The number of aliphatic hydroxyl groups is 1. The quantitative estimate of drug-likeness (QED) is 0.743. The van der Waals surface area contributed by atoms with Crippen LogP contribution in [0.1, 0.15) is 30.7 Å². The van der Waals surface area contributed by atoms with E-state index >= 15 is 0 Å². The van der Waals surface area contributed by atoms with Gasteiger partial charge in [0.2, 0.25) is 10.0 Å². The van der Waals surface area contributed by atoms with Crippen LogP contribution in [0.5, 0.6) is 0 Å². The van der Waals surface area contributed by atoms with E-state index in [2.05, 4.69) is 14.9 Å². The molecule has 2 unspecified atom stereocenters. The largest absolute Gasteiger partial charge is 0.393 e. The number of sulfonamides is 1. The van der Waals surface area contributed by atoms with E-state index in [0.717, 1.165) is 12.8 Å². The maximum atomic E-state index is 12.1. The minimum Gasteiger partial charge on any atom is -0.393 e. The Balaban J connectivity index is 2.04. The zero-order valence-electron chi connectivity index (χ0n) is 10.6. The number of aryl methyl sites for hydroxylation is 2. The van der Waals surface area contributed by atoms with Crippen molar-refractivity contribution >= 4 is 10.0 Å². The molecule has 1 aliphatic carbocycles. The summed E-state index contributed by atoms with van der Waals surface area (Å²) in [5.74, 6) is 0.224. The molecule has 2 rings (SSSR count). The van der Waals surface area contributed by atoms with Gasteiger partial charge in [0.25, 0.3) is 0 Å². The smallest absolute Gasteiger partial charge is 0.244 e. The van der Waals surface area contributed by atoms with E-state index in [1.165, 1.54) is 0 Å². The molecule has 18 heavy (non-hydrogen) atoms. The van der Waals surface area contributed by atoms with Crippen molar-refractivity contribution in [3.05, 3.63) is 11.4 Å². The van der Waals surface area contributed by atoms with E-state index in [1.807, 2.05) is 0 Å². The second kappa shape index (κ2) is 4.99. The summed E-state index contributed by atoms with van der Waals surface area (Å²) in [6, 6.07) is 0. The van der Waals surface area contributed by atoms with Gasteiger partial charge in [0.15, 0.2) is 0 Å². The molecule has 0 saturated heterocycles. The highest BCUT2D eigenvalue weighted by Gasteiger charge is 2.26. The molecule has 1 fully saturated rings. The van der Waals surface area contributed by atoms with Crippen LogP contribution in [-0.2, 0) is 10.0 Å². The summed E-state index contributed by atoms with van der Waals surface area (Å²) >= 11 is 0. The topological polar surface area (TPSA) is 95.1 Å². The number of hydrogen-bond donors (Lipinski definition) is 3. The molecule has 6 nitrogen and oxygen atoms in total. The zero-order valence-corrected chi connectivity index (χ0v) is 11.4. The Morgan fingerprint density at radius 1 is 1.44 bits per heavy atom. The second-order valence-electron chi connectivity index (χ2n) is 4.95. The predicted molar refractivity (Wildman–Crippen MR) is 66.6 cm³/mol. The van der Waals surface area contributed by atoms with Crippen molar-refractivity contribution in [3.8, 4) is 0 Å². The fourth-order valence-electron chi connectivity index (χ4n) is 2.47. The number of aromatic nitrogens is 2. The van der Waals surface area contributed by atoms with Crippen LogP contribution >= 0.6 is 0 Å². The van der Waals surface area contributed by atoms with Crippen molar-refractivity contribution in [1.29, 1.82) is 0 Å². The summed E-state index contributed by atoms with van der Waals surface area (Å²) in [4.78, 5) is 0.237. The molecular weight excluding hydrogens is 254 g/mol. The van der Waals surface area contributed by atoms with Crippen LogP contribution in [0.3, 0.4) is 0 Å². The minimum atomic E-state index is -3.51. The molecule has 1 heterocycles. The van der Waals surface area contributed by atoms with Gasteiger partial charge in [-0.3, -0.25) is 5.10 Å². The molecule has 0 radical (unpaired) electrons. The van der Waals surface area contributed by atoms with Crippen molar-refractivity contribution in [3.63, 3.8) is 0 Å². The SMILES string of the molecule is Cc1n[nH]c(C)c1S(=O)(=O)NCC1CCC(O)C1. The molecular formula is C11H19N3O3S. The molecule has 3 N–H and O–H groups in total. The average Bonchev–Trinajstić information content (AvgIpc) is 2.83. The third-order valence-corrected chi connectivity index (χ3v) is 5.09. The normalized spacial score (nSPS) is 24.6. The Bertz CT molecular complexity index is 504. The van der Waals surface area contributed by atoms with Crippen molar-refractivity contribution in [2.45, 2.75) is 44.1 Å². The van der Waals surface area contributed by atoms with Crippen molar-refractivity contribution < 1.29 is 13.5 Å². The number of aliphatic hydroxyl groups excluding tert-OH is 1. The van der Waals surface area contributed by atoms with E-state index in [1.54, 1.807) is 13.8 Å². The first-order chi connectivity index (χ1) is 8.40. The van der Waals surface area contributed by atoms with Gasteiger partial charge in [-0.25, -0.2) is 13.1 Å². The van der Waals surface area contributed by atoms with E-state index in [-0.39, 0.29) is 16.9 Å².